The summed E-state index contributed by atoms with van der Waals surface area (Å²) in [5, 5.41) is 0. The first-order chi connectivity index (χ1) is 15.2. The number of ether oxygens (including phenoxy) is 1. The van der Waals surface area contributed by atoms with E-state index < -0.39 is 48.5 Å². The molecule has 1 fully saturated rings. The van der Waals surface area contributed by atoms with Crippen molar-refractivity contribution in [1.29, 1.82) is 0 Å². The van der Waals surface area contributed by atoms with Crippen LogP contribution in [0.4, 0.5) is 0 Å². The molecule has 3 rings (SSSR count). The van der Waals surface area contributed by atoms with Gasteiger partial charge in [0.1, 0.15) is 5.78 Å². The van der Waals surface area contributed by atoms with E-state index in [1.54, 1.807) is 19.1 Å². The van der Waals surface area contributed by atoms with Gasteiger partial charge in [-0.25, -0.2) is 16.8 Å². The van der Waals surface area contributed by atoms with E-state index in [4.69, 9.17) is 4.74 Å². The van der Waals surface area contributed by atoms with E-state index in [1.165, 1.54) is 48.5 Å². The highest BCUT2D eigenvalue weighted by molar-refractivity contribution is 8.09. The molecule has 0 aromatic heterocycles. The molecule has 2 aromatic rings. The van der Waals surface area contributed by atoms with Gasteiger partial charge in [-0.05, 0) is 50.5 Å². The lowest BCUT2D eigenvalue weighted by Gasteiger charge is -2.29. The first kappa shape index (κ1) is 24.1. The van der Waals surface area contributed by atoms with Crippen molar-refractivity contribution in [3.05, 3.63) is 60.7 Å². The minimum absolute atomic E-state index is 0.0722. The minimum Gasteiger partial charge on any atom is -0.466 e. The second-order valence-electron chi connectivity index (χ2n) is 7.77. The molecule has 1 aliphatic rings. The van der Waals surface area contributed by atoms with Gasteiger partial charge in [0, 0.05) is 12.3 Å². The lowest BCUT2D eigenvalue weighted by Crippen LogP contribution is -2.38. The lowest BCUT2D eigenvalue weighted by atomic mass is 9.79. The minimum atomic E-state index is -4.33. The van der Waals surface area contributed by atoms with Crippen LogP contribution in [-0.4, -0.2) is 39.8 Å². The Balaban J connectivity index is 2.02. The zero-order valence-corrected chi connectivity index (χ0v) is 19.3. The Morgan fingerprint density at radius 3 is 1.91 bits per heavy atom. The summed E-state index contributed by atoms with van der Waals surface area (Å²) in [6, 6.07) is 14.7. The molecule has 2 aromatic carbocycles. The Kier molecular flexibility index (Phi) is 7.51. The van der Waals surface area contributed by atoms with Gasteiger partial charge in [0.2, 0.25) is 0 Å². The van der Waals surface area contributed by atoms with Crippen molar-refractivity contribution in [1.82, 2.24) is 0 Å². The second kappa shape index (κ2) is 9.95. The van der Waals surface area contributed by atoms with Crippen LogP contribution >= 0.6 is 0 Å². The van der Waals surface area contributed by atoms with Crippen molar-refractivity contribution < 1.29 is 31.2 Å². The normalized spacial score (nSPS) is 19.6. The van der Waals surface area contributed by atoms with E-state index in [0.29, 0.717) is 6.42 Å². The van der Waals surface area contributed by atoms with Crippen LogP contribution in [0.3, 0.4) is 0 Å². The summed E-state index contributed by atoms with van der Waals surface area (Å²) in [5.41, 5.74) is 0. The number of rotatable bonds is 8. The van der Waals surface area contributed by atoms with Crippen LogP contribution in [0.15, 0.2) is 70.5 Å². The fourth-order valence-corrected chi connectivity index (χ4v) is 8.64. The standard InChI is InChI=1S/C23H26O7S2/c1-2-30-23(25)17-13-14-21(24)18(15-17)16-22(31(26,27)19-9-5-3-6-10-19)32(28,29)20-11-7-4-8-12-20/h3-12,17-18,22H,2,13-16H2,1H3/t17-,18-/m0/s1. The maximum absolute atomic E-state index is 13.5. The van der Waals surface area contributed by atoms with Crippen molar-refractivity contribution in [3.8, 4) is 0 Å². The maximum Gasteiger partial charge on any atom is 0.308 e. The molecule has 0 heterocycles. The SMILES string of the molecule is CCOC(=O)[C@H]1CCC(=O)[C@H](CC(S(=O)(=O)c2ccccc2)S(=O)(=O)c2ccccc2)C1. The van der Waals surface area contributed by atoms with Crippen LogP contribution in [0.25, 0.3) is 0 Å². The Labute approximate surface area is 188 Å². The Morgan fingerprint density at radius 1 is 0.938 bits per heavy atom. The van der Waals surface area contributed by atoms with Crippen LogP contribution in [0.2, 0.25) is 0 Å². The van der Waals surface area contributed by atoms with Crippen molar-refractivity contribution >= 4 is 31.4 Å². The van der Waals surface area contributed by atoms with Gasteiger partial charge in [-0.1, -0.05) is 36.4 Å². The number of carbonyl (C=O) groups excluding carboxylic acids is 2. The molecule has 1 aliphatic carbocycles. The van der Waals surface area contributed by atoms with E-state index in [9.17, 15) is 26.4 Å². The molecule has 0 amide bonds. The van der Waals surface area contributed by atoms with Crippen LogP contribution < -0.4 is 0 Å². The van der Waals surface area contributed by atoms with E-state index in [2.05, 4.69) is 0 Å². The smallest absolute Gasteiger partial charge is 0.308 e. The van der Waals surface area contributed by atoms with E-state index in [1.807, 2.05) is 0 Å². The second-order valence-corrected chi connectivity index (χ2v) is 12.3. The molecular weight excluding hydrogens is 452 g/mol. The van der Waals surface area contributed by atoms with Gasteiger partial charge in [0.25, 0.3) is 0 Å². The molecule has 9 heteroatoms. The summed E-state index contributed by atoms with van der Waals surface area (Å²) in [7, 11) is -8.67. The summed E-state index contributed by atoms with van der Waals surface area (Å²) >= 11 is 0. The van der Waals surface area contributed by atoms with Crippen LogP contribution in [0, 0.1) is 11.8 Å². The fraction of sp³-hybridized carbons (Fsp3) is 0.391. The number of carbonyl (C=O) groups is 2. The Morgan fingerprint density at radius 2 is 1.44 bits per heavy atom. The predicted molar refractivity (Wildman–Crippen MR) is 118 cm³/mol. The third-order valence-electron chi connectivity index (χ3n) is 5.70. The summed E-state index contributed by atoms with van der Waals surface area (Å²) in [6.07, 6.45) is 0.0549. The topological polar surface area (TPSA) is 112 Å². The molecule has 1 saturated carbocycles. The lowest BCUT2D eigenvalue weighted by molar-refractivity contribution is -0.150. The molecule has 32 heavy (non-hydrogen) atoms. The van der Waals surface area contributed by atoms with Crippen LogP contribution in [0.5, 0.6) is 0 Å². The summed E-state index contributed by atoms with van der Waals surface area (Å²) in [6.45, 7) is 1.87. The van der Waals surface area contributed by atoms with Gasteiger partial charge in [0.05, 0.1) is 22.3 Å². The molecule has 0 radical (unpaired) electrons. The number of hydrogen-bond acceptors (Lipinski definition) is 7. The van der Waals surface area contributed by atoms with E-state index in [-0.39, 0.29) is 35.0 Å². The van der Waals surface area contributed by atoms with Gasteiger partial charge in [0.15, 0.2) is 24.3 Å². The molecule has 0 unspecified atom stereocenters. The number of ketones is 1. The molecule has 0 aliphatic heterocycles. The average molecular weight is 479 g/mol. The van der Waals surface area contributed by atoms with Crippen LogP contribution in [-0.2, 0) is 34.0 Å². The molecule has 0 bridgehead atoms. The Bertz CT molecular complexity index is 1090. The van der Waals surface area contributed by atoms with Crippen molar-refractivity contribution in [2.75, 3.05) is 6.61 Å². The zero-order valence-electron chi connectivity index (χ0n) is 17.7. The summed E-state index contributed by atoms with van der Waals surface area (Å²) in [5.74, 6) is -2.11. The molecule has 0 spiro atoms. The van der Waals surface area contributed by atoms with E-state index >= 15 is 0 Å². The molecule has 0 N–H and O–H groups in total. The quantitative estimate of drug-likeness (QED) is 0.536. The number of sulfone groups is 2. The van der Waals surface area contributed by atoms with Crippen molar-refractivity contribution in [2.45, 2.75) is 47.0 Å². The highest BCUT2D eigenvalue weighted by Crippen LogP contribution is 2.36. The fourth-order valence-electron chi connectivity index (χ4n) is 3.99. The maximum atomic E-state index is 13.5. The van der Waals surface area contributed by atoms with Gasteiger partial charge in [-0.2, -0.15) is 0 Å². The van der Waals surface area contributed by atoms with Gasteiger partial charge < -0.3 is 4.74 Å². The molecule has 172 valence electrons. The largest absolute Gasteiger partial charge is 0.466 e. The molecule has 7 nitrogen and oxygen atoms in total. The van der Waals surface area contributed by atoms with Gasteiger partial charge >= 0.3 is 5.97 Å². The first-order valence-corrected chi connectivity index (χ1v) is 13.5. The third kappa shape index (κ3) is 5.10. The van der Waals surface area contributed by atoms with E-state index in [0.717, 1.165) is 0 Å². The number of Topliss-reactive ketones (excluding diaryl/α,β-unsaturated/α-hetero) is 1. The van der Waals surface area contributed by atoms with Crippen molar-refractivity contribution in [3.63, 3.8) is 0 Å². The highest BCUT2D eigenvalue weighted by Gasteiger charge is 2.44. The number of benzene rings is 2. The molecule has 2 atom stereocenters. The average Bonchev–Trinajstić information content (AvgIpc) is 2.79. The summed E-state index contributed by atoms with van der Waals surface area (Å²) in [4.78, 5) is 24.6. The van der Waals surface area contributed by atoms with Gasteiger partial charge in [-0.15, -0.1) is 0 Å². The zero-order chi connectivity index (χ0) is 23.4. The van der Waals surface area contributed by atoms with Gasteiger partial charge in [-0.3, -0.25) is 9.59 Å². The number of hydrogen-bond donors (Lipinski definition) is 0. The monoisotopic (exact) mass is 478 g/mol. The third-order valence-corrected chi connectivity index (χ3v) is 10.8. The number of esters is 1. The molecule has 0 saturated heterocycles. The Hall–Kier alpha value is -2.52. The first-order valence-electron chi connectivity index (χ1n) is 10.4. The molecular formula is C23H26O7S2. The highest BCUT2D eigenvalue weighted by atomic mass is 32.3. The summed E-state index contributed by atoms with van der Waals surface area (Å²) < 4.78 is 57.1. The van der Waals surface area contributed by atoms with Crippen molar-refractivity contribution in [2.24, 2.45) is 11.8 Å². The van der Waals surface area contributed by atoms with Crippen LogP contribution in [0.1, 0.15) is 32.6 Å². The predicted octanol–water partition coefficient (Wildman–Crippen LogP) is 3.20.